The minimum Gasteiger partial charge on any atom is -0.497 e. The van der Waals surface area contributed by atoms with Crippen LogP contribution in [0.15, 0.2) is 51.7 Å². The van der Waals surface area contributed by atoms with Crippen LogP contribution in [0.1, 0.15) is 11.1 Å². The van der Waals surface area contributed by atoms with E-state index < -0.39 is 11.4 Å². The van der Waals surface area contributed by atoms with Crippen LogP contribution >= 0.6 is 0 Å². The molecule has 0 fully saturated rings. The van der Waals surface area contributed by atoms with Crippen LogP contribution in [0.5, 0.6) is 11.5 Å². The summed E-state index contributed by atoms with van der Waals surface area (Å²) in [5.74, 6) is 0.452. The van der Waals surface area contributed by atoms with E-state index in [1.165, 1.54) is 19.2 Å². The maximum atomic E-state index is 13.9. The second-order valence-corrected chi connectivity index (χ2v) is 6.09. The lowest BCUT2D eigenvalue weighted by Crippen LogP contribution is -2.18. The van der Waals surface area contributed by atoms with Crippen LogP contribution in [0.25, 0.3) is 11.0 Å². The average molecular weight is 357 g/mol. The molecule has 136 valence electrons. The van der Waals surface area contributed by atoms with Crippen molar-refractivity contribution in [3.8, 4) is 11.5 Å². The van der Waals surface area contributed by atoms with E-state index in [2.05, 4.69) is 0 Å². The Morgan fingerprint density at radius 3 is 2.54 bits per heavy atom. The smallest absolute Gasteiger partial charge is 0.336 e. The molecule has 3 aromatic rings. The van der Waals surface area contributed by atoms with Gasteiger partial charge in [-0.3, -0.25) is 4.90 Å². The minimum absolute atomic E-state index is 0.219. The summed E-state index contributed by atoms with van der Waals surface area (Å²) in [5, 5.41) is 0.846. The summed E-state index contributed by atoms with van der Waals surface area (Å²) in [5.41, 5.74) is 1.73. The topological polar surface area (TPSA) is 51.9 Å². The van der Waals surface area contributed by atoms with Crippen molar-refractivity contribution in [1.29, 1.82) is 0 Å². The SMILES string of the molecule is COc1ccc2c(CN(C)Cc3ccc(OC)c(F)c3)cc(=O)oc2c1. The van der Waals surface area contributed by atoms with E-state index in [0.717, 1.165) is 16.5 Å². The molecule has 0 N–H and O–H groups in total. The van der Waals surface area contributed by atoms with Gasteiger partial charge in [0.1, 0.15) is 11.3 Å². The second-order valence-electron chi connectivity index (χ2n) is 6.09. The van der Waals surface area contributed by atoms with E-state index in [-0.39, 0.29) is 5.75 Å². The summed E-state index contributed by atoms with van der Waals surface area (Å²) in [6.07, 6.45) is 0. The Bertz CT molecular complexity index is 983. The third-order valence-corrected chi connectivity index (χ3v) is 4.15. The van der Waals surface area contributed by atoms with Crippen LogP contribution in [0.2, 0.25) is 0 Å². The van der Waals surface area contributed by atoms with Gasteiger partial charge in [-0.15, -0.1) is 0 Å². The van der Waals surface area contributed by atoms with Crippen LogP contribution in [0.3, 0.4) is 0 Å². The van der Waals surface area contributed by atoms with Crippen molar-refractivity contribution in [3.05, 3.63) is 69.8 Å². The van der Waals surface area contributed by atoms with Crippen LogP contribution in [0.4, 0.5) is 4.39 Å². The Labute approximate surface area is 150 Å². The van der Waals surface area contributed by atoms with Crippen LogP contribution in [-0.4, -0.2) is 26.2 Å². The van der Waals surface area contributed by atoms with E-state index in [9.17, 15) is 9.18 Å². The molecule has 0 aliphatic carbocycles. The number of nitrogens with zero attached hydrogens (tertiary/aromatic N) is 1. The van der Waals surface area contributed by atoms with Gasteiger partial charge in [-0.2, -0.15) is 0 Å². The van der Waals surface area contributed by atoms with Gasteiger partial charge in [0.15, 0.2) is 11.6 Å². The fourth-order valence-electron chi connectivity index (χ4n) is 2.93. The molecule has 1 heterocycles. The van der Waals surface area contributed by atoms with Crippen molar-refractivity contribution in [2.75, 3.05) is 21.3 Å². The third-order valence-electron chi connectivity index (χ3n) is 4.15. The van der Waals surface area contributed by atoms with Crippen LogP contribution in [0, 0.1) is 5.82 Å². The van der Waals surface area contributed by atoms with Gasteiger partial charge in [-0.1, -0.05) is 6.07 Å². The summed E-state index contributed by atoms with van der Waals surface area (Å²) in [4.78, 5) is 13.9. The van der Waals surface area contributed by atoms with Crippen molar-refractivity contribution in [2.45, 2.75) is 13.1 Å². The molecule has 0 spiro atoms. The quantitative estimate of drug-likeness (QED) is 0.631. The van der Waals surface area contributed by atoms with Crippen molar-refractivity contribution in [3.63, 3.8) is 0 Å². The summed E-state index contributed by atoms with van der Waals surface area (Å²) in [6, 6.07) is 11.8. The van der Waals surface area contributed by atoms with Crippen LogP contribution in [-0.2, 0) is 13.1 Å². The van der Waals surface area contributed by atoms with E-state index >= 15 is 0 Å². The molecular weight excluding hydrogens is 337 g/mol. The molecule has 0 radical (unpaired) electrons. The maximum Gasteiger partial charge on any atom is 0.336 e. The lowest BCUT2D eigenvalue weighted by molar-refractivity contribution is 0.318. The fraction of sp³-hybridized carbons (Fsp3) is 0.250. The highest BCUT2D eigenvalue weighted by Crippen LogP contribution is 2.24. The van der Waals surface area contributed by atoms with E-state index in [0.29, 0.717) is 24.4 Å². The molecule has 0 bridgehead atoms. The van der Waals surface area contributed by atoms with Gasteiger partial charge >= 0.3 is 5.63 Å². The zero-order chi connectivity index (χ0) is 18.7. The summed E-state index contributed by atoms with van der Waals surface area (Å²) in [6.45, 7) is 1.04. The van der Waals surface area contributed by atoms with Gasteiger partial charge in [0.25, 0.3) is 0 Å². The predicted octanol–water partition coefficient (Wildman–Crippen LogP) is 3.58. The number of hydrogen-bond donors (Lipinski definition) is 0. The Hall–Kier alpha value is -2.86. The second kappa shape index (κ2) is 7.58. The monoisotopic (exact) mass is 357 g/mol. The zero-order valence-electron chi connectivity index (χ0n) is 14.9. The van der Waals surface area contributed by atoms with Crippen LogP contribution < -0.4 is 15.1 Å². The number of fused-ring (bicyclic) bond motifs is 1. The number of methoxy groups -OCH3 is 2. The Balaban J connectivity index is 1.84. The standard InChI is InChI=1S/C20H20FNO4/c1-22(11-13-4-7-18(25-3)17(21)8-13)12-14-9-20(23)26-19-10-15(24-2)5-6-16(14)19/h4-10H,11-12H2,1-3H3. The van der Waals surface area contributed by atoms with Crippen molar-refractivity contribution in [1.82, 2.24) is 4.90 Å². The maximum absolute atomic E-state index is 13.9. The minimum atomic E-state index is -0.412. The lowest BCUT2D eigenvalue weighted by Gasteiger charge is -2.18. The zero-order valence-corrected chi connectivity index (χ0v) is 14.9. The number of halogens is 1. The first kappa shape index (κ1) is 17.9. The van der Waals surface area contributed by atoms with E-state index in [1.54, 1.807) is 19.2 Å². The molecule has 0 saturated carbocycles. The molecule has 3 rings (SSSR count). The highest BCUT2D eigenvalue weighted by molar-refractivity contribution is 5.81. The Kier molecular flexibility index (Phi) is 5.23. The number of rotatable bonds is 6. The lowest BCUT2D eigenvalue weighted by atomic mass is 10.1. The van der Waals surface area contributed by atoms with E-state index in [1.807, 2.05) is 30.1 Å². The molecule has 5 nitrogen and oxygen atoms in total. The molecule has 1 aromatic heterocycles. The molecule has 0 saturated heterocycles. The molecule has 0 amide bonds. The normalized spacial score (nSPS) is 11.1. The number of ether oxygens (including phenoxy) is 2. The highest BCUT2D eigenvalue weighted by atomic mass is 19.1. The first-order chi connectivity index (χ1) is 12.5. The first-order valence-corrected chi connectivity index (χ1v) is 8.12. The van der Waals surface area contributed by atoms with E-state index in [4.69, 9.17) is 13.9 Å². The predicted molar refractivity (Wildman–Crippen MR) is 97.2 cm³/mol. The van der Waals surface area contributed by atoms with Gasteiger partial charge in [0.05, 0.1) is 14.2 Å². The average Bonchev–Trinajstić information content (AvgIpc) is 2.61. The highest BCUT2D eigenvalue weighted by Gasteiger charge is 2.11. The summed E-state index contributed by atoms with van der Waals surface area (Å²) < 4.78 is 29.2. The Morgan fingerprint density at radius 2 is 1.85 bits per heavy atom. The van der Waals surface area contributed by atoms with Gasteiger partial charge in [-0.25, -0.2) is 9.18 Å². The Morgan fingerprint density at radius 1 is 1.04 bits per heavy atom. The molecule has 0 atom stereocenters. The molecule has 0 unspecified atom stereocenters. The number of hydrogen-bond acceptors (Lipinski definition) is 5. The molecule has 26 heavy (non-hydrogen) atoms. The summed E-state index contributed by atoms with van der Waals surface area (Å²) >= 11 is 0. The molecule has 6 heteroatoms. The van der Waals surface area contributed by atoms with Gasteiger partial charge < -0.3 is 13.9 Å². The molecule has 0 aliphatic heterocycles. The van der Waals surface area contributed by atoms with Crippen molar-refractivity contribution in [2.24, 2.45) is 0 Å². The van der Waals surface area contributed by atoms with Crippen molar-refractivity contribution < 1.29 is 18.3 Å². The molecule has 0 aliphatic rings. The van der Waals surface area contributed by atoms with Gasteiger partial charge in [0.2, 0.25) is 0 Å². The largest absolute Gasteiger partial charge is 0.497 e. The van der Waals surface area contributed by atoms with Crippen molar-refractivity contribution >= 4 is 11.0 Å². The fourth-order valence-corrected chi connectivity index (χ4v) is 2.93. The van der Waals surface area contributed by atoms with Gasteiger partial charge in [0, 0.05) is 30.6 Å². The van der Waals surface area contributed by atoms with Gasteiger partial charge in [-0.05, 0) is 42.4 Å². The number of benzene rings is 2. The third kappa shape index (κ3) is 3.86. The first-order valence-electron chi connectivity index (χ1n) is 8.12. The molecular formula is C20H20FNO4. The summed E-state index contributed by atoms with van der Waals surface area (Å²) in [7, 11) is 4.91. The molecule has 2 aromatic carbocycles.